The second-order valence-corrected chi connectivity index (χ2v) is 3.81. The molecule has 94 valence electrons. The van der Waals surface area contributed by atoms with E-state index in [9.17, 15) is 14.9 Å². The van der Waals surface area contributed by atoms with Gasteiger partial charge in [-0.15, -0.1) is 12.4 Å². The minimum absolute atomic E-state index is 0. The molecule has 1 amide bonds. The van der Waals surface area contributed by atoms with Gasteiger partial charge in [-0.05, 0) is 17.4 Å². The Morgan fingerprint density at radius 3 is 2.76 bits per heavy atom. The minimum Gasteiger partial charge on any atom is -0.358 e. The van der Waals surface area contributed by atoms with E-state index in [2.05, 4.69) is 4.98 Å². The second-order valence-electron chi connectivity index (χ2n) is 3.81. The molecule has 1 atom stereocenters. The first kappa shape index (κ1) is 13.5. The van der Waals surface area contributed by atoms with Crippen LogP contribution in [0.4, 0.5) is 5.82 Å². The van der Waals surface area contributed by atoms with Crippen molar-refractivity contribution in [2.24, 2.45) is 5.73 Å². The van der Waals surface area contributed by atoms with Crippen LogP contribution in [0.5, 0.6) is 0 Å². The smallest absolute Gasteiger partial charge is 0.321 e. The Balaban J connectivity index is 0.00000144. The van der Waals surface area contributed by atoms with Crippen molar-refractivity contribution >= 4 is 24.1 Å². The van der Waals surface area contributed by atoms with Crippen molar-refractivity contribution in [2.45, 2.75) is 12.5 Å². The largest absolute Gasteiger partial charge is 0.358 e. The SMILES string of the molecule is Cl.N[C@@H]1CCN(C(=O)c2ccc([N+](=O)[O-])[nH]2)C1. The summed E-state index contributed by atoms with van der Waals surface area (Å²) in [7, 11) is 0. The molecule has 0 saturated carbocycles. The molecule has 17 heavy (non-hydrogen) atoms. The van der Waals surface area contributed by atoms with Gasteiger partial charge in [-0.1, -0.05) is 0 Å². The maximum absolute atomic E-state index is 11.8. The standard InChI is InChI=1S/C9H12N4O3.ClH/c10-6-3-4-12(5-6)9(14)7-1-2-8(11-7)13(15)16;/h1-2,6,11H,3-5,10H2;1H/t6-;/m1./s1. The highest BCUT2D eigenvalue weighted by Crippen LogP contribution is 2.15. The summed E-state index contributed by atoms with van der Waals surface area (Å²) >= 11 is 0. The maximum atomic E-state index is 11.8. The first-order chi connectivity index (χ1) is 7.58. The van der Waals surface area contributed by atoms with E-state index < -0.39 is 4.92 Å². The number of nitro groups is 1. The molecular formula is C9H13ClN4O3. The summed E-state index contributed by atoms with van der Waals surface area (Å²) in [4.78, 5) is 25.8. The molecule has 0 radical (unpaired) electrons. The minimum atomic E-state index is -0.563. The number of carbonyl (C=O) groups is 1. The quantitative estimate of drug-likeness (QED) is 0.597. The highest BCUT2D eigenvalue weighted by Gasteiger charge is 2.27. The van der Waals surface area contributed by atoms with Crippen LogP contribution in [-0.4, -0.2) is 39.8 Å². The Labute approximate surface area is 104 Å². The molecule has 3 N–H and O–H groups in total. The number of hydrogen-bond acceptors (Lipinski definition) is 4. The van der Waals surface area contributed by atoms with Crippen molar-refractivity contribution in [2.75, 3.05) is 13.1 Å². The lowest BCUT2D eigenvalue weighted by Gasteiger charge is -2.12. The number of rotatable bonds is 2. The van der Waals surface area contributed by atoms with Gasteiger partial charge in [0.05, 0.1) is 0 Å². The van der Waals surface area contributed by atoms with Crippen LogP contribution in [0, 0.1) is 10.1 Å². The summed E-state index contributed by atoms with van der Waals surface area (Å²) in [6.07, 6.45) is 0.772. The second kappa shape index (κ2) is 5.15. The number of amides is 1. The van der Waals surface area contributed by atoms with E-state index in [1.54, 1.807) is 4.90 Å². The normalized spacial score (nSPS) is 18.9. The number of H-pyrrole nitrogens is 1. The third-order valence-corrected chi connectivity index (χ3v) is 2.61. The molecule has 0 aromatic carbocycles. The van der Waals surface area contributed by atoms with Gasteiger partial charge in [0.1, 0.15) is 0 Å². The van der Waals surface area contributed by atoms with Gasteiger partial charge in [-0.25, -0.2) is 4.98 Å². The lowest BCUT2D eigenvalue weighted by molar-refractivity contribution is -0.389. The zero-order chi connectivity index (χ0) is 11.7. The predicted octanol–water partition coefficient (Wildman–Crippen LogP) is 0.518. The number of aromatic amines is 1. The number of nitrogens with two attached hydrogens (primary N) is 1. The summed E-state index contributed by atoms with van der Waals surface area (Å²) in [5.74, 6) is -0.409. The van der Waals surface area contributed by atoms with Gasteiger partial charge in [0.2, 0.25) is 0 Å². The van der Waals surface area contributed by atoms with Crippen molar-refractivity contribution in [3.05, 3.63) is 27.9 Å². The van der Waals surface area contributed by atoms with E-state index in [-0.39, 0.29) is 35.9 Å². The Morgan fingerprint density at radius 1 is 1.59 bits per heavy atom. The van der Waals surface area contributed by atoms with E-state index in [4.69, 9.17) is 5.73 Å². The summed E-state index contributed by atoms with van der Waals surface area (Å²) in [5, 5.41) is 10.4. The van der Waals surface area contributed by atoms with Gasteiger partial charge >= 0.3 is 5.82 Å². The van der Waals surface area contributed by atoms with Gasteiger partial charge in [-0.3, -0.25) is 4.79 Å². The van der Waals surface area contributed by atoms with Crippen LogP contribution in [-0.2, 0) is 0 Å². The first-order valence-electron chi connectivity index (χ1n) is 4.96. The molecule has 2 heterocycles. The molecule has 0 spiro atoms. The monoisotopic (exact) mass is 260 g/mol. The molecule has 8 heteroatoms. The molecule has 1 saturated heterocycles. The van der Waals surface area contributed by atoms with E-state index in [1.807, 2.05) is 0 Å². The van der Waals surface area contributed by atoms with Crippen LogP contribution >= 0.6 is 12.4 Å². The van der Waals surface area contributed by atoms with Gasteiger partial charge in [-0.2, -0.15) is 0 Å². The van der Waals surface area contributed by atoms with Crippen LogP contribution in [0.1, 0.15) is 16.9 Å². The van der Waals surface area contributed by atoms with Crippen LogP contribution in [0.25, 0.3) is 0 Å². The predicted molar refractivity (Wildman–Crippen MR) is 63.2 cm³/mol. The zero-order valence-corrected chi connectivity index (χ0v) is 9.77. The molecule has 7 nitrogen and oxygen atoms in total. The Morgan fingerprint density at radius 2 is 2.29 bits per heavy atom. The van der Waals surface area contributed by atoms with Gasteiger partial charge in [0, 0.05) is 25.2 Å². The molecule has 1 fully saturated rings. The zero-order valence-electron chi connectivity index (χ0n) is 8.96. The molecule has 0 bridgehead atoms. The summed E-state index contributed by atoms with van der Waals surface area (Å²) in [5.41, 5.74) is 5.92. The summed E-state index contributed by atoms with van der Waals surface area (Å²) < 4.78 is 0. The fourth-order valence-electron chi connectivity index (χ4n) is 1.76. The van der Waals surface area contributed by atoms with Crippen molar-refractivity contribution in [1.29, 1.82) is 0 Å². The molecule has 1 aliphatic heterocycles. The number of carbonyl (C=O) groups excluding carboxylic acids is 1. The van der Waals surface area contributed by atoms with Gasteiger partial charge in [0.25, 0.3) is 5.91 Å². The molecule has 1 aromatic rings. The van der Waals surface area contributed by atoms with Gasteiger partial charge in [0.15, 0.2) is 5.69 Å². The highest BCUT2D eigenvalue weighted by molar-refractivity contribution is 5.93. The Hall–Kier alpha value is -1.60. The fraction of sp³-hybridized carbons (Fsp3) is 0.444. The van der Waals surface area contributed by atoms with E-state index in [0.29, 0.717) is 13.1 Å². The van der Waals surface area contributed by atoms with Crippen molar-refractivity contribution in [3.8, 4) is 0 Å². The van der Waals surface area contributed by atoms with Crippen molar-refractivity contribution in [1.82, 2.24) is 9.88 Å². The third-order valence-electron chi connectivity index (χ3n) is 2.61. The highest BCUT2D eigenvalue weighted by atomic mass is 35.5. The topological polar surface area (TPSA) is 105 Å². The van der Waals surface area contributed by atoms with Crippen molar-refractivity contribution < 1.29 is 9.72 Å². The molecule has 2 rings (SSSR count). The van der Waals surface area contributed by atoms with Crippen LogP contribution in [0.15, 0.2) is 12.1 Å². The molecule has 1 aliphatic rings. The fourth-order valence-corrected chi connectivity index (χ4v) is 1.76. The summed E-state index contributed by atoms with van der Waals surface area (Å²) in [6, 6.07) is 2.71. The number of halogens is 1. The number of nitrogens with zero attached hydrogens (tertiary/aromatic N) is 2. The van der Waals surface area contributed by atoms with Crippen LogP contribution < -0.4 is 5.73 Å². The number of hydrogen-bond donors (Lipinski definition) is 2. The van der Waals surface area contributed by atoms with Crippen LogP contribution in [0.3, 0.4) is 0 Å². The van der Waals surface area contributed by atoms with Crippen molar-refractivity contribution in [3.63, 3.8) is 0 Å². The lowest BCUT2D eigenvalue weighted by Crippen LogP contribution is -2.32. The third kappa shape index (κ3) is 2.75. The number of nitrogens with one attached hydrogen (secondary N) is 1. The molecular weight excluding hydrogens is 248 g/mol. The average molecular weight is 261 g/mol. The number of likely N-dealkylation sites (tertiary alicyclic amines) is 1. The number of aromatic nitrogens is 1. The maximum Gasteiger partial charge on any atom is 0.321 e. The lowest BCUT2D eigenvalue weighted by atomic mass is 10.3. The van der Waals surface area contributed by atoms with Gasteiger partial charge < -0.3 is 20.7 Å². The summed E-state index contributed by atoms with van der Waals surface area (Å²) in [6.45, 7) is 1.11. The van der Waals surface area contributed by atoms with E-state index >= 15 is 0 Å². The van der Waals surface area contributed by atoms with Crippen LogP contribution in [0.2, 0.25) is 0 Å². The molecule has 1 aromatic heterocycles. The van der Waals surface area contributed by atoms with E-state index in [1.165, 1.54) is 12.1 Å². The molecule has 0 aliphatic carbocycles. The molecule has 0 unspecified atom stereocenters. The Kier molecular flexibility index (Phi) is 4.08. The average Bonchev–Trinajstić information content (AvgIpc) is 2.84. The Bertz CT molecular complexity index is 434. The van der Waals surface area contributed by atoms with E-state index in [0.717, 1.165) is 6.42 Å². The first-order valence-corrected chi connectivity index (χ1v) is 4.96.